The summed E-state index contributed by atoms with van der Waals surface area (Å²) in [7, 11) is 0. The second-order valence-corrected chi connectivity index (χ2v) is 3.93. The van der Waals surface area contributed by atoms with E-state index in [9.17, 15) is 14.9 Å². The fraction of sp³-hybridized carbons (Fsp3) is 0.0714. The molecule has 5 nitrogen and oxygen atoms in total. The Hall–Kier alpha value is -2.69. The summed E-state index contributed by atoms with van der Waals surface area (Å²) in [6, 6.07) is 15.1. The Labute approximate surface area is 110 Å². The largest absolute Gasteiger partial charge is 0.348 e. The van der Waals surface area contributed by atoms with Crippen molar-refractivity contribution in [1.82, 2.24) is 5.32 Å². The van der Waals surface area contributed by atoms with Crippen molar-refractivity contribution in [3.63, 3.8) is 0 Å². The summed E-state index contributed by atoms with van der Waals surface area (Å²) in [4.78, 5) is 22.2. The summed E-state index contributed by atoms with van der Waals surface area (Å²) < 4.78 is 0. The van der Waals surface area contributed by atoms with E-state index in [4.69, 9.17) is 0 Å². The van der Waals surface area contributed by atoms with Crippen molar-refractivity contribution >= 4 is 11.6 Å². The Morgan fingerprint density at radius 1 is 1.05 bits per heavy atom. The molecule has 0 heterocycles. The molecule has 0 saturated heterocycles. The molecule has 0 atom stereocenters. The van der Waals surface area contributed by atoms with E-state index < -0.39 is 4.92 Å². The van der Waals surface area contributed by atoms with Gasteiger partial charge in [-0.2, -0.15) is 0 Å². The normalized spacial score (nSPS) is 9.89. The summed E-state index contributed by atoms with van der Waals surface area (Å²) in [6.07, 6.45) is 0. The Bertz CT molecular complexity index is 597. The van der Waals surface area contributed by atoms with Gasteiger partial charge in [0, 0.05) is 23.7 Å². The fourth-order valence-electron chi connectivity index (χ4n) is 1.71. The van der Waals surface area contributed by atoms with Gasteiger partial charge in [0.2, 0.25) is 0 Å². The topological polar surface area (TPSA) is 72.2 Å². The molecule has 0 fully saturated rings. The van der Waals surface area contributed by atoms with Gasteiger partial charge in [0.15, 0.2) is 0 Å². The maximum absolute atomic E-state index is 11.8. The molecule has 1 N–H and O–H groups in total. The van der Waals surface area contributed by atoms with Gasteiger partial charge >= 0.3 is 0 Å². The number of nitrogens with one attached hydrogen (secondary N) is 1. The highest BCUT2D eigenvalue weighted by molar-refractivity contribution is 5.94. The Morgan fingerprint density at radius 3 is 2.37 bits per heavy atom. The minimum atomic E-state index is -0.454. The van der Waals surface area contributed by atoms with Crippen LogP contribution in [0.4, 0.5) is 5.69 Å². The van der Waals surface area contributed by atoms with Crippen LogP contribution in [0.1, 0.15) is 15.9 Å². The monoisotopic (exact) mass is 256 g/mol. The van der Waals surface area contributed by atoms with Gasteiger partial charge in [-0.15, -0.1) is 0 Å². The lowest BCUT2D eigenvalue weighted by atomic mass is 10.1. The number of amides is 1. The molecule has 0 aliphatic heterocycles. The molecule has 96 valence electrons. The van der Waals surface area contributed by atoms with Crippen LogP contribution < -0.4 is 5.32 Å². The third kappa shape index (κ3) is 3.16. The molecule has 0 radical (unpaired) electrons. The predicted molar refractivity (Wildman–Crippen MR) is 70.7 cm³/mol. The average molecular weight is 256 g/mol. The molecule has 0 aromatic heterocycles. The molecule has 0 spiro atoms. The highest BCUT2D eigenvalue weighted by Crippen LogP contribution is 2.17. The summed E-state index contributed by atoms with van der Waals surface area (Å²) in [6.45, 7) is 0.130. The minimum Gasteiger partial charge on any atom is -0.348 e. The van der Waals surface area contributed by atoms with Crippen molar-refractivity contribution in [1.29, 1.82) is 0 Å². The van der Waals surface area contributed by atoms with Crippen LogP contribution in [0.3, 0.4) is 0 Å². The lowest BCUT2D eigenvalue weighted by Crippen LogP contribution is -2.23. The lowest BCUT2D eigenvalue weighted by Gasteiger charge is -2.05. The maximum atomic E-state index is 11.8. The first-order valence-electron chi connectivity index (χ1n) is 5.74. The second kappa shape index (κ2) is 5.77. The first-order chi connectivity index (χ1) is 9.18. The third-order valence-corrected chi connectivity index (χ3v) is 2.66. The van der Waals surface area contributed by atoms with E-state index in [0.29, 0.717) is 11.1 Å². The molecule has 19 heavy (non-hydrogen) atoms. The maximum Gasteiger partial charge on any atom is 0.274 e. The molecule has 0 aliphatic carbocycles. The number of benzene rings is 2. The first kappa shape index (κ1) is 12.8. The van der Waals surface area contributed by atoms with Crippen LogP contribution in [-0.4, -0.2) is 10.8 Å². The van der Waals surface area contributed by atoms with Crippen LogP contribution >= 0.6 is 0 Å². The Balaban J connectivity index is 2.07. The Morgan fingerprint density at radius 2 is 1.68 bits per heavy atom. The zero-order valence-corrected chi connectivity index (χ0v) is 10.1. The third-order valence-electron chi connectivity index (χ3n) is 2.66. The standard InChI is InChI=1S/C14H12N2O3/c17-14(11-6-2-1-3-7-11)15-10-12-8-4-5-9-13(12)16(18)19/h1-9H,10H2,(H,15,17). The SMILES string of the molecule is O=C(NCc1ccccc1[N+](=O)[O-])c1ccccc1. The first-order valence-corrected chi connectivity index (χ1v) is 5.74. The molecule has 0 aliphatic rings. The van der Waals surface area contributed by atoms with E-state index in [-0.39, 0.29) is 18.1 Å². The number of carbonyl (C=O) groups is 1. The molecule has 2 aromatic rings. The van der Waals surface area contributed by atoms with E-state index in [2.05, 4.69) is 5.32 Å². The average Bonchev–Trinajstić information content (AvgIpc) is 2.46. The van der Waals surface area contributed by atoms with Crippen LogP contribution in [0.2, 0.25) is 0 Å². The van der Waals surface area contributed by atoms with E-state index in [1.807, 2.05) is 6.07 Å². The molecular weight excluding hydrogens is 244 g/mol. The summed E-state index contributed by atoms with van der Waals surface area (Å²) in [5.74, 6) is -0.251. The number of nitro groups is 1. The smallest absolute Gasteiger partial charge is 0.274 e. The number of carbonyl (C=O) groups excluding carboxylic acids is 1. The molecule has 2 aromatic carbocycles. The molecular formula is C14H12N2O3. The Kier molecular flexibility index (Phi) is 3.87. The zero-order chi connectivity index (χ0) is 13.7. The van der Waals surface area contributed by atoms with Gasteiger partial charge in [0.1, 0.15) is 0 Å². The van der Waals surface area contributed by atoms with Crippen molar-refractivity contribution < 1.29 is 9.72 Å². The number of hydrogen-bond donors (Lipinski definition) is 1. The fourth-order valence-corrected chi connectivity index (χ4v) is 1.71. The highest BCUT2D eigenvalue weighted by Gasteiger charge is 2.13. The zero-order valence-electron chi connectivity index (χ0n) is 10.1. The molecule has 0 bridgehead atoms. The van der Waals surface area contributed by atoms with Crippen molar-refractivity contribution in [3.8, 4) is 0 Å². The lowest BCUT2D eigenvalue weighted by molar-refractivity contribution is -0.385. The quantitative estimate of drug-likeness (QED) is 0.674. The molecule has 5 heteroatoms. The van der Waals surface area contributed by atoms with Gasteiger partial charge in [-0.3, -0.25) is 14.9 Å². The molecule has 1 amide bonds. The van der Waals surface area contributed by atoms with E-state index in [1.54, 1.807) is 42.5 Å². The van der Waals surface area contributed by atoms with Crippen molar-refractivity contribution in [2.75, 3.05) is 0 Å². The number of nitro benzene ring substituents is 1. The van der Waals surface area contributed by atoms with Gasteiger partial charge in [-0.05, 0) is 12.1 Å². The summed E-state index contributed by atoms with van der Waals surface area (Å²) >= 11 is 0. The van der Waals surface area contributed by atoms with Gasteiger partial charge in [0.25, 0.3) is 11.6 Å². The van der Waals surface area contributed by atoms with Gasteiger partial charge in [-0.1, -0.05) is 36.4 Å². The van der Waals surface area contributed by atoms with Crippen LogP contribution in [0.15, 0.2) is 54.6 Å². The van der Waals surface area contributed by atoms with E-state index in [0.717, 1.165) is 0 Å². The van der Waals surface area contributed by atoms with Crippen molar-refractivity contribution in [2.45, 2.75) is 6.54 Å². The van der Waals surface area contributed by atoms with Crippen LogP contribution in [-0.2, 0) is 6.54 Å². The van der Waals surface area contributed by atoms with E-state index >= 15 is 0 Å². The number of rotatable bonds is 4. The second-order valence-electron chi connectivity index (χ2n) is 3.93. The number of para-hydroxylation sites is 1. The molecule has 0 unspecified atom stereocenters. The number of hydrogen-bond acceptors (Lipinski definition) is 3. The summed E-state index contributed by atoms with van der Waals surface area (Å²) in [5, 5.41) is 13.5. The van der Waals surface area contributed by atoms with E-state index in [1.165, 1.54) is 6.07 Å². The van der Waals surface area contributed by atoms with Crippen molar-refractivity contribution in [2.24, 2.45) is 0 Å². The highest BCUT2D eigenvalue weighted by atomic mass is 16.6. The summed E-state index contributed by atoms with van der Waals surface area (Å²) in [5.41, 5.74) is 1.02. The van der Waals surface area contributed by atoms with Crippen LogP contribution in [0.25, 0.3) is 0 Å². The minimum absolute atomic E-state index is 0.0101. The molecule has 0 saturated carbocycles. The predicted octanol–water partition coefficient (Wildman–Crippen LogP) is 2.52. The number of nitrogens with zero attached hydrogens (tertiary/aromatic N) is 1. The molecule has 2 rings (SSSR count). The van der Waals surface area contributed by atoms with Gasteiger partial charge in [-0.25, -0.2) is 0 Å². The van der Waals surface area contributed by atoms with Crippen LogP contribution in [0, 0.1) is 10.1 Å². The van der Waals surface area contributed by atoms with Crippen LogP contribution in [0.5, 0.6) is 0 Å². The van der Waals surface area contributed by atoms with Gasteiger partial charge in [0.05, 0.1) is 4.92 Å². The van der Waals surface area contributed by atoms with Gasteiger partial charge < -0.3 is 5.32 Å². The van der Waals surface area contributed by atoms with Crippen molar-refractivity contribution in [3.05, 3.63) is 75.8 Å².